The molecule has 0 aliphatic carbocycles. The van der Waals surface area contributed by atoms with E-state index in [1.807, 2.05) is 31.2 Å². The van der Waals surface area contributed by atoms with Crippen LogP contribution < -0.4 is 20.1 Å². The molecule has 1 aliphatic heterocycles. The Labute approximate surface area is 139 Å². The fourth-order valence-corrected chi connectivity index (χ4v) is 2.31. The monoisotopic (exact) mass is 326 g/mol. The summed E-state index contributed by atoms with van der Waals surface area (Å²) in [5, 5.41) is 5.45. The zero-order valence-electron chi connectivity index (χ0n) is 13.3. The lowest BCUT2D eigenvalue weighted by Gasteiger charge is -2.10. The summed E-state index contributed by atoms with van der Waals surface area (Å²) in [6, 6.07) is 12.4. The molecule has 0 radical (unpaired) electrons. The summed E-state index contributed by atoms with van der Waals surface area (Å²) in [6.07, 6.45) is 0. The number of carbonyl (C=O) groups is 2. The molecule has 3 rings (SSSR count). The topological polar surface area (TPSA) is 76.7 Å². The molecule has 24 heavy (non-hydrogen) atoms. The van der Waals surface area contributed by atoms with Gasteiger partial charge in [0.15, 0.2) is 6.61 Å². The molecule has 0 bridgehead atoms. The van der Waals surface area contributed by atoms with Crippen LogP contribution in [-0.2, 0) is 4.79 Å². The summed E-state index contributed by atoms with van der Waals surface area (Å²) in [4.78, 5) is 24.0. The van der Waals surface area contributed by atoms with Crippen molar-refractivity contribution in [3.8, 4) is 11.5 Å². The van der Waals surface area contributed by atoms with Gasteiger partial charge in [-0.2, -0.15) is 0 Å². The maximum Gasteiger partial charge on any atom is 0.262 e. The van der Waals surface area contributed by atoms with Crippen molar-refractivity contribution in [2.75, 3.05) is 25.1 Å². The molecule has 1 heterocycles. The Balaban J connectivity index is 1.62. The van der Waals surface area contributed by atoms with Crippen LogP contribution in [0.15, 0.2) is 42.5 Å². The predicted octanol–water partition coefficient (Wildman–Crippen LogP) is 2.13. The molecular formula is C18H18N2O4. The molecular weight excluding hydrogens is 308 g/mol. The van der Waals surface area contributed by atoms with E-state index in [2.05, 4.69) is 10.6 Å². The molecule has 0 unspecified atom stereocenters. The number of hydrogen-bond donors (Lipinski definition) is 2. The van der Waals surface area contributed by atoms with Crippen molar-refractivity contribution < 1.29 is 19.1 Å². The first-order valence-corrected chi connectivity index (χ1v) is 7.66. The summed E-state index contributed by atoms with van der Waals surface area (Å²) in [7, 11) is 0. The molecule has 0 spiro atoms. The number of nitrogens with one attached hydrogen (secondary N) is 2. The second-order valence-corrected chi connectivity index (χ2v) is 5.47. The Bertz CT molecular complexity index is 756. The van der Waals surface area contributed by atoms with E-state index in [9.17, 15) is 9.59 Å². The number of hydrogen-bond acceptors (Lipinski definition) is 4. The Morgan fingerprint density at radius 2 is 2.04 bits per heavy atom. The van der Waals surface area contributed by atoms with Gasteiger partial charge in [-0.3, -0.25) is 9.59 Å². The molecule has 0 fully saturated rings. The number of anilines is 1. The standard InChI is InChI=1S/C18H18N2O4/c1-12-2-5-14(6-3-12)24-11-17(21)20-13-4-7-16-15(10-13)18(22)19-8-9-23-16/h2-7,10H,8-9,11H2,1H3,(H,19,22)(H,20,21). The first kappa shape index (κ1) is 15.9. The molecule has 2 amide bonds. The minimum absolute atomic E-state index is 0.108. The summed E-state index contributed by atoms with van der Waals surface area (Å²) in [6.45, 7) is 2.76. The summed E-state index contributed by atoms with van der Waals surface area (Å²) >= 11 is 0. The van der Waals surface area contributed by atoms with Crippen LogP contribution in [0.3, 0.4) is 0 Å². The number of carbonyl (C=O) groups excluding carboxylic acids is 2. The number of ether oxygens (including phenoxy) is 2. The van der Waals surface area contributed by atoms with Gasteiger partial charge in [-0.15, -0.1) is 0 Å². The normalized spacial score (nSPS) is 13.1. The van der Waals surface area contributed by atoms with E-state index in [0.29, 0.717) is 35.9 Å². The Hall–Kier alpha value is -3.02. The van der Waals surface area contributed by atoms with Crippen molar-refractivity contribution in [2.24, 2.45) is 0 Å². The molecule has 0 aromatic heterocycles. The summed E-state index contributed by atoms with van der Waals surface area (Å²) < 4.78 is 10.9. The number of amides is 2. The summed E-state index contributed by atoms with van der Waals surface area (Å²) in [5.74, 6) is 0.629. The predicted molar refractivity (Wildman–Crippen MR) is 89.6 cm³/mol. The molecule has 0 saturated heterocycles. The van der Waals surface area contributed by atoms with Gasteiger partial charge < -0.3 is 20.1 Å². The minimum Gasteiger partial charge on any atom is -0.491 e. The van der Waals surface area contributed by atoms with E-state index in [1.54, 1.807) is 18.2 Å². The number of fused-ring (bicyclic) bond motifs is 1. The fraction of sp³-hybridized carbons (Fsp3) is 0.222. The highest BCUT2D eigenvalue weighted by Gasteiger charge is 2.17. The van der Waals surface area contributed by atoms with Gasteiger partial charge in [0, 0.05) is 5.69 Å². The SMILES string of the molecule is Cc1ccc(OCC(=O)Nc2ccc3c(c2)C(=O)NCCO3)cc1. The average Bonchev–Trinajstić information content (AvgIpc) is 2.76. The molecule has 6 nitrogen and oxygen atoms in total. The van der Waals surface area contributed by atoms with Crippen molar-refractivity contribution in [1.29, 1.82) is 0 Å². The Morgan fingerprint density at radius 1 is 1.25 bits per heavy atom. The van der Waals surface area contributed by atoms with E-state index in [1.165, 1.54) is 0 Å². The molecule has 6 heteroatoms. The number of rotatable bonds is 4. The molecule has 2 aromatic carbocycles. The molecule has 2 N–H and O–H groups in total. The average molecular weight is 326 g/mol. The third-order valence-corrected chi connectivity index (χ3v) is 3.54. The largest absolute Gasteiger partial charge is 0.491 e. The van der Waals surface area contributed by atoms with E-state index in [-0.39, 0.29) is 18.4 Å². The van der Waals surface area contributed by atoms with Crippen LogP contribution in [0, 0.1) is 6.92 Å². The third kappa shape index (κ3) is 3.84. The molecule has 0 saturated carbocycles. The van der Waals surface area contributed by atoms with Gasteiger partial charge in [0.05, 0.1) is 12.1 Å². The van der Waals surface area contributed by atoms with E-state index in [4.69, 9.17) is 9.47 Å². The molecule has 2 aromatic rings. The van der Waals surface area contributed by atoms with Crippen LogP contribution in [0.2, 0.25) is 0 Å². The van der Waals surface area contributed by atoms with Gasteiger partial charge in [0.25, 0.3) is 11.8 Å². The van der Waals surface area contributed by atoms with Gasteiger partial charge in [-0.1, -0.05) is 17.7 Å². The van der Waals surface area contributed by atoms with Crippen molar-refractivity contribution in [3.63, 3.8) is 0 Å². The zero-order valence-corrected chi connectivity index (χ0v) is 13.3. The second-order valence-electron chi connectivity index (χ2n) is 5.47. The molecule has 124 valence electrons. The summed E-state index contributed by atoms with van der Waals surface area (Å²) in [5.41, 5.74) is 2.05. The second kappa shape index (κ2) is 7.04. The molecule has 0 atom stereocenters. The van der Waals surface area contributed by atoms with Crippen LogP contribution in [0.5, 0.6) is 11.5 Å². The fourth-order valence-electron chi connectivity index (χ4n) is 2.31. The van der Waals surface area contributed by atoms with Crippen molar-refractivity contribution >= 4 is 17.5 Å². The lowest BCUT2D eigenvalue weighted by molar-refractivity contribution is -0.118. The first-order chi connectivity index (χ1) is 11.6. The van der Waals surface area contributed by atoms with Gasteiger partial charge in [-0.25, -0.2) is 0 Å². The quantitative estimate of drug-likeness (QED) is 0.902. The van der Waals surface area contributed by atoms with Crippen LogP contribution in [0.4, 0.5) is 5.69 Å². The number of benzene rings is 2. The van der Waals surface area contributed by atoms with Crippen molar-refractivity contribution in [3.05, 3.63) is 53.6 Å². The highest BCUT2D eigenvalue weighted by molar-refractivity contribution is 5.99. The lowest BCUT2D eigenvalue weighted by Crippen LogP contribution is -2.24. The molecule has 1 aliphatic rings. The van der Waals surface area contributed by atoms with Crippen molar-refractivity contribution in [2.45, 2.75) is 6.92 Å². The van der Waals surface area contributed by atoms with Crippen LogP contribution in [-0.4, -0.2) is 31.6 Å². The van der Waals surface area contributed by atoms with Gasteiger partial charge in [0.2, 0.25) is 0 Å². The number of aryl methyl sites for hydroxylation is 1. The smallest absolute Gasteiger partial charge is 0.262 e. The van der Waals surface area contributed by atoms with Crippen LogP contribution in [0.25, 0.3) is 0 Å². The van der Waals surface area contributed by atoms with Crippen LogP contribution >= 0.6 is 0 Å². The lowest BCUT2D eigenvalue weighted by atomic mass is 10.1. The van der Waals surface area contributed by atoms with Gasteiger partial charge >= 0.3 is 0 Å². The Morgan fingerprint density at radius 3 is 2.83 bits per heavy atom. The highest BCUT2D eigenvalue weighted by atomic mass is 16.5. The van der Waals surface area contributed by atoms with E-state index < -0.39 is 0 Å². The third-order valence-electron chi connectivity index (χ3n) is 3.54. The minimum atomic E-state index is -0.300. The van der Waals surface area contributed by atoms with Crippen molar-refractivity contribution in [1.82, 2.24) is 5.32 Å². The zero-order chi connectivity index (χ0) is 16.9. The van der Waals surface area contributed by atoms with Gasteiger partial charge in [0.1, 0.15) is 18.1 Å². The highest BCUT2D eigenvalue weighted by Crippen LogP contribution is 2.24. The maximum atomic E-state index is 12.0. The van der Waals surface area contributed by atoms with E-state index >= 15 is 0 Å². The van der Waals surface area contributed by atoms with Crippen LogP contribution in [0.1, 0.15) is 15.9 Å². The maximum absolute atomic E-state index is 12.0. The first-order valence-electron chi connectivity index (χ1n) is 7.66. The van der Waals surface area contributed by atoms with Gasteiger partial charge in [-0.05, 0) is 37.3 Å². The Kier molecular flexibility index (Phi) is 4.65. The van der Waals surface area contributed by atoms with E-state index in [0.717, 1.165) is 5.56 Å².